The summed E-state index contributed by atoms with van der Waals surface area (Å²) < 4.78 is 46.9. The molecule has 0 heterocycles. The molecule has 0 aliphatic carbocycles. The Labute approximate surface area is 76.5 Å². The summed E-state index contributed by atoms with van der Waals surface area (Å²) in [6.07, 6.45) is 1.15. The lowest BCUT2D eigenvalue weighted by Gasteiger charge is -2.15. The van der Waals surface area contributed by atoms with Gasteiger partial charge in [-0.1, -0.05) is 13.3 Å². The summed E-state index contributed by atoms with van der Waals surface area (Å²) in [4.78, 5) is 0. The van der Waals surface area contributed by atoms with Gasteiger partial charge < -0.3 is 5.73 Å². The number of nitrogens with two attached hydrogens (primary N) is 1. The van der Waals surface area contributed by atoms with Crippen LogP contribution in [0.4, 0.5) is 8.78 Å². The Balaban J connectivity index is 4.23. The third-order valence-electron chi connectivity index (χ3n) is 1.49. The van der Waals surface area contributed by atoms with Crippen molar-refractivity contribution in [3.8, 4) is 0 Å². The fourth-order valence-corrected chi connectivity index (χ4v) is 1.64. The van der Waals surface area contributed by atoms with Crippen molar-refractivity contribution in [1.29, 1.82) is 0 Å². The second-order valence-corrected chi connectivity index (χ2v) is 4.33. The minimum absolute atomic E-state index is 0.0276. The molecule has 0 spiro atoms. The van der Waals surface area contributed by atoms with E-state index in [9.17, 15) is 17.2 Å². The van der Waals surface area contributed by atoms with Gasteiger partial charge in [0.15, 0.2) is 0 Å². The van der Waals surface area contributed by atoms with Crippen molar-refractivity contribution in [1.82, 2.24) is 4.72 Å². The largest absolute Gasteiger partial charge is 0.350 e. The number of halogens is 2. The number of hydrogen-bond donors (Lipinski definition) is 2. The lowest BCUT2D eigenvalue weighted by Crippen LogP contribution is -2.42. The van der Waals surface area contributed by atoms with E-state index in [1.54, 1.807) is 0 Å². The molecule has 0 amide bonds. The van der Waals surface area contributed by atoms with E-state index >= 15 is 0 Å². The molecule has 0 aliphatic rings. The van der Waals surface area contributed by atoms with Gasteiger partial charge in [0, 0.05) is 12.6 Å². The molecular formula is C6H14F2N2O2S. The lowest BCUT2D eigenvalue weighted by atomic mass is 10.2. The SMILES string of the molecule is CCCC(CN)NS(=O)(=O)C(F)F. The van der Waals surface area contributed by atoms with Crippen molar-refractivity contribution in [3.63, 3.8) is 0 Å². The number of sulfonamides is 1. The van der Waals surface area contributed by atoms with E-state index in [1.165, 1.54) is 0 Å². The first-order valence-corrected chi connectivity index (χ1v) is 5.48. The Bertz CT molecular complexity index is 231. The van der Waals surface area contributed by atoms with E-state index < -0.39 is 21.8 Å². The first-order chi connectivity index (χ1) is 5.94. The van der Waals surface area contributed by atoms with Gasteiger partial charge in [-0.15, -0.1) is 0 Å². The van der Waals surface area contributed by atoms with E-state index in [2.05, 4.69) is 0 Å². The van der Waals surface area contributed by atoms with Gasteiger partial charge in [0.2, 0.25) is 0 Å². The summed E-state index contributed by atoms with van der Waals surface area (Å²) in [5, 5.41) is 0. The summed E-state index contributed by atoms with van der Waals surface area (Å²) in [7, 11) is -4.50. The van der Waals surface area contributed by atoms with E-state index in [4.69, 9.17) is 5.73 Å². The van der Waals surface area contributed by atoms with Crippen LogP contribution in [0.5, 0.6) is 0 Å². The molecule has 3 N–H and O–H groups in total. The molecule has 0 rings (SSSR count). The Morgan fingerprint density at radius 1 is 1.46 bits per heavy atom. The number of rotatable bonds is 6. The van der Waals surface area contributed by atoms with Crippen molar-refractivity contribution in [2.24, 2.45) is 5.73 Å². The Morgan fingerprint density at radius 3 is 2.31 bits per heavy atom. The van der Waals surface area contributed by atoms with Crippen LogP contribution in [-0.4, -0.2) is 26.8 Å². The van der Waals surface area contributed by atoms with Crippen LogP contribution in [0.25, 0.3) is 0 Å². The van der Waals surface area contributed by atoms with Crippen molar-refractivity contribution in [3.05, 3.63) is 0 Å². The van der Waals surface area contributed by atoms with Crippen molar-refractivity contribution < 1.29 is 17.2 Å². The van der Waals surface area contributed by atoms with E-state index in [-0.39, 0.29) is 6.54 Å². The number of nitrogens with one attached hydrogen (secondary N) is 1. The minimum atomic E-state index is -4.50. The zero-order valence-electron chi connectivity index (χ0n) is 7.33. The highest BCUT2D eigenvalue weighted by Crippen LogP contribution is 2.05. The van der Waals surface area contributed by atoms with Gasteiger partial charge in [-0.25, -0.2) is 13.1 Å². The molecule has 80 valence electrons. The van der Waals surface area contributed by atoms with Crippen LogP contribution in [0.15, 0.2) is 0 Å². The second kappa shape index (κ2) is 5.46. The molecule has 4 nitrogen and oxygen atoms in total. The molecule has 0 bridgehead atoms. The van der Waals surface area contributed by atoms with Gasteiger partial charge in [0.05, 0.1) is 0 Å². The third-order valence-corrected chi connectivity index (χ3v) is 2.62. The predicted molar refractivity (Wildman–Crippen MR) is 45.8 cm³/mol. The van der Waals surface area contributed by atoms with E-state index in [1.807, 2.05) is 11.6 Å². The van der Waals surface area contributed by atoms with Crippen LogP contribution in [0.3, 0.4) is 0 Å². The molecule has 0 saturated carbocycles. The average Bonchev–Trinajstić information content (AvgIpc) is 2.03. The highest BCUT2D eigenvalue weighted by Gasteiger charge is 2.26. The zero-order chi connectivity index (χ0) is 10.5. The van der Waals surface area contributed by atoms with Crippen LogP contribution in [0.2, 0.25) is 0 Å². The maximum atomic E-state index is 11.9. The molecule has 1 unspecified atom stereocenters. The first kappa shape index (κ1) is 12.7. The van der Waals surface area contributed by atoms with Crippen LogP contribution >= 0.6 is 0 Å². The standard InChI is InChI=1S/C6H14F2N2O2S/c1-2-3-5(4-9)10-13(11,12)6(7)8/h5-6,10H,2-4,9H2,1H3. The van der Waals surface area contributed by atoms with Crippen molar-refractivity contribution >= 4 is 10.0 Å². The Hall–Kier alpha value is -0.270. The second-order valence-electron chi connectivity index (χ2n) is 2.64. The highest BCUT2D eigenvalue weighted by molar-refractivity contribution is 7.89. The minimum Gasteiger partial charge on any atom is -0.329 e. The van der Waals surface area contributed by atoms with Crippen molar-refractivity contribution in [2.75, 3.05) is 6.54 Å². The molecule has 0 aromatic heterocycles. The third kappa shape index (κ3) is 4.49. The maximum absolute atomic E-state index is 11.9. The Morgan fingerprint density at radius 2 is 2.00 bits per heavy atom. The molecule has 0 aromatic carbocycles. The van der Waals surface area contributed by atoms with Gasteiger partial charge >= 0.3 is 5.76 Å². The quantitative estimate of drug-likeness (QED) is 0.668. The summed E-state index contributed by atoms with van der Waals surface area (Å²) in [6.45, 7) is 1.85. The van der Waals surface area contributed by atoms with Gasteiger partial charge in [0.1, 0.15) is 0 Å². The summed E-state index contributed by atoms with van der Waals surface area (Å²) in [5.41, 5.74) is 5.19. The van der Waals surface area contributed by atoms with Crippen molar-refractivity contribution in [2.45, 2.75) is 31.6 Å². The average molecular weight is 216 g/mol. The summed E-state index contributed by atoms with van der Waals surface area (Å²) in [5.74, 6) is -3.39. The smallest absolute Gasteiger partial charge is 0.329 e. The normalized spacial score (nSPS) is 14.8. The van der Waals surface area contributed by atoms with Crippen LogP contribution in [0, 0.1) is 0 Å². The molecule has 0 aliphatic heterocycles. The number of hydrogen-bond acceptors (Lipinski definition) is 3. The van der Waals surface area contributed by atoms with E-state index in [0.29, 0.717) is 12.8 Å². The van der Waals surface area contributed by atoms with Crippen LogP contribution in [-0.2, 0) is 10.0 Å². The topological polar surface area (TPSA) is 72.2 Å². The maximum Gasteiger partial charge on any atom is 0.350 e. The summed E-state index contributed by atoms with van der Waals surface area (Å²) >= 11 is 0. The monoisotopic (exact) mass is 216 g/mol. The zero-order valence-corrected chi connectivity index (χ0v) is 8.15. The van der Waals surface area contributed by atoms with Gasteiger partial charge in [0.25, 0.3) is 10.0 Å². The predicted octanol–water partition coefficient (Wildman–Crippen LogP) is 0.256. The van der Waals surface area contributed by atoms with Crippen LogP contribution in [0.1, 0.15) is 19.8 Å². The van der Waals surface area contributed by atoms with Gasteiger partial charge in [-0.3, -0.25) is 0 Å². The molecule has 0 radical (unpaired) electrons. The molecular weight excluding hydrogens is 202 g/mol. The first-order valence-electron chi connectivity index (χ1n) is 3.93. The fourth-order valence-electron chi connectivity index (χ4n) is 0.857. The molecule has 0 aromatic rings. The van der Waals surface area contributed by atoms with Gasteiger partial charge in [-0.05, 0) is 6.42 Å². The fraction of sp³-hybridized carbons (Fsp3) is 1.00. The van der Waals surface area contributed by atoms with Crippen LogP contribution < -0.4 is 10.5 Å². The highest BCUT2D eigenvalue weighted by atomic mass is 32.2. The van der Waals surface area contributed by atoms with Gasteiger partial charge in [-0.2, -0.15) is 8.78 Å². The molecule has 0 fully saturated rings. The number of alkyl halides is 2. The molecule has 7 heteroatoms. The lowest BCUT2D eigenvalue weighted by molar-refractivity contribution is 0.231. The molecule has 1 atom stereocenters. The molecule has 0 saturated heterocycles. The molecule has 13 heavy (non-hydrogen) atoms. The summed E-state index contributed by atoms with van der Waals surface area (Å²) in [6, 6.07) is -0.594. The Kier molecular flexibility index (Phi) is 5.34. The van der Waals surface area contributed by atoms with E-state index in [0.717, 1.165) is 0 Å².